The maximum absolute atomic E-state index is 12.0. The normalized spacial score (nSPS) is 10.6. The number of benzene rings is 3. The van der Waals surface area contributed by atoms with Gasteiger partial charge in [0, 0.05) is 11.1 Å². The molecule has 0 amide bonds. The average Bonchev–Trinajstić information content (AvgIpc) is 2.85. The second-order valence-corrected chi connectivity index (χ2v) is 7.85. The van der Waals surface area contributed by atoms with Crippen LogP contribution in [0.15, 0.2) is 79.0 Å². The molecule has 0 fully saturated rings. The van der Waals surface area contributed by atoms with Crippen LogP contribution in [0.2, 0.25) is 0 Å². The van der Waals surface area contributed by atoms with E-state index < -0.39 is 5.97 Å². The van der Waals surface area contributed by atoms with Crippen molar-refractivity contribution >= 4 is 17.3 Å². The van der Waals surface area contributed by atoms with Crippen molar-refractivity contribution < 1.29 is 14.6 Å². The minimum absolute atomic E-state index is 0.255. The van der Waals surface area contributed by atoms with E-state index in [1.807, 2.05) is 80.6 Å². The van der Waals surface area contributed by atoms with Crippen LogP contribution in [0.5, 0.6) is 5.75 Å². The Morgan fingerprint density at radius 1 is 1.00 bits per heavy atom. The molecule has 0 spiro atoms. The number of anilines is 2. The second kappa shape index (κ2) is 9.57. The number of aromatic carboxylic acids is 1. The van der Waals surface area contributed by atoms with E-state index in [1.165, 1.54) is 0 Å². The third-order valence-corrected chi connectivity index (χ3v) is 5.56. The number of methoxy groups -OCH3 is 1. The number of ether oxygens (including phenoxy) is 1. The zero-order valence-corrected chi connectivity index (χ0v) is 18.9. The molecule has 166 valence electrons. The van der Waals surface area contributed by atoms with E-state index in [1.54, 1.807) is 19.4 Å². The Morgan fingerprint density at radius 3 is 2.45 bits per heavy atom. The highest BCUT2D eigenvalue weighted by Gasteiger charge is 2.17. The Morgan fingerprint density at radius 2 is 1.76 bits per heavy atom. The van der Waals surface area contributed by atoms with Crippen LogP contribution in [0.1, 0.15) is 28.4 Å². The van der Waals surface area contributed by atoms with Gasteiger partial charge in [0.1, 0.15) is 5.75 Å². The number of nitrogens with one attached hydrogen (secondary N) is 1. The highest BCUT2D eigenvalue weighted by Crippen LogP contribution is 2.35. The van der Waals surface area contributed by atoms with Gasteiger partial charge in [0.2, 0.25) is 0 Å². The minimum atomic E-state index is -0.958. The van der Waals surface area contributed by atoms with Gasteiger partial charge in [-0.1, -0.05) is 55.5 Å². The third-order valence-electron chi connectivity index (χ3n) is 5.56. The number of aryl methyl sites for hydroxylation is 2. The largest absolute Gasteiger partial charge is 0.497 e. The molecule has 3 aromatic carbocycles. The topological polar surface area (TPSA) is 71.5 Å². The van der Waals surface area contributed by atoms with Crippen LogP contribution >= 0.6 is 0 Å². The molecule has 0 bridgehead atoms. The molecule has 0 saturated carbocycles. The lowest BCUT2D eigenvalue weighted by molar-refractivity contribution is 0.0698. The van der Waals surface area contributed by atoms with Gasteiger partial charge >= 0.3 is 5.97 Å². The number of hydrogen-bond donors (Lipinski definition) is 2. The van der Waals surface area contributed by atoms with Gasteiger partial charge in [0.25, 0.3) is 0 Å². The fourth-order valence-electron chi connectivity index (χ4n) is 3.97. The van der Waals surface area contributed by atoms with Crippen LogP contribution in [0.4, 0.5) is 11.4 Å². The number of rotatable bonds is 7. The molecule has 1 heterocycles. The number of hydrogen-bond acceptors (Lipinski definition) is 4. The molecular formula is C28H26N2O3. The van der Waals surface area contributed by atoms with Gasteiger partial charge in [0.05, 0.1) is 35.9 Å². The molecule has 0 unspecified atom stereocenters. The summed E-state index contributed by atoms with van der Waals surface area (Å²) in [5.74, 6) is -0.200. The van der Waals surface area contributed by atoms with Crippen LogP contribution in [0, 0.1) is 6.92 Å². The smallest absolute Gasteiger partial charge is 0.337 e. The second-order valence-electron chi connectivity index (χ2n) is 7.85. The first-order valence-corrected chi connectivity index (χ1v) is 10.8. The Bertz CT molecular complexity index is 1300. The maximum atomic E-state index is 12.0. The van der Waals surface area contributed by atoms with E-state index in [0.717, 1.165) is 44.9 Å². The van der Waals surface area contributed by atoms with Crippen LogP contribution in [-0.2, 0) is 6.42 Å². The standard InChI is InChI=1S/C28H26N2O3/c1-4-19-13-18(2)14-25(28(31)32)27(19)30-22-16-24(20-9-6-5-7-10-20)26(29-17-22)21-11-8-12-23(15-21)33-3/h5-17,30H,4H2,1-3H3,(H,31,32). The number of aromatic nitrogens is 1. The lowest BCUT2D eigenvalue weighted by Crippen LogP contribution is -2.07. The molecule has 0 aliphatic carbocycles. The predicted molar refractivity (Wildman–Crippen MR) is 132 cm³/mol. The van der Waals surface area contributed by atoms with Gasteiger partial charge in [-0.15, -0.1) is 0 Å². The van der Waals surface area contributed by atoms with Gasteiger partial charge in [-0.2, -0.15) is 0 Å². The van der Waals surface area contributed by atoms with Gasteiger partial charge < -0.3 is 15.2 Å². The van der Waals surface area contributed by atoms with Crippen molar-refractivity contribution in [2.75, 3.05) is 12.4 Å². The lowest BCUT2D eigenvalue weighted by Gasteiger charge is -2.17. The molecule has 4 rings (SSSR count). The van der Waals surface area contributed by atoms with Gasteiger partial charge in [-0.3, -0.25) is 4.98 Å². The maximum Gasteiger partial charge on any atom is 0.337 e. The van der Waals surface area contributed by atoms with Crippen LogP contribution < -0.4 is 10.1 Å². The van der Waals surface area contributed by atoms with Crippen molar-refractivity contribution in [3.05, 3.63) is 95.7 Å². The Balaban J connectivity index is 1.85. The third kappa shape index (κ3) is 4.72. The number of carboxylic acid groups (broad SMARTS) is 1. The van der Waals surface area contributed by atoms with Crippen molar-refractivity contribution in [1.29, 1.82) is 0 Å². The Labute approximate surface area is 193 Å². The monoisotopic (exact) mass is 438 g/mol. The minimum Gasteiger partial charge on any atom is -0.497 e. The van der Waals surface area contributed by atoms with E-state index in [9.17, 15) is 9.90 Å². The summed E-state index contributed by atoms with van der Waals surface area (Å²) in [5, 5.41) is 13.1. The number of carbonyl (C=O) groups is 1. The summed E-state index contributed by atoms with van der Waals surface area (Å²) in [4.78, 5) is 16.7. The number of pyridine rings is 1. The van der Waals surface area contributed by atoms with E-state index in [4.69, 9.17) is 9.72 Å². The number of carboxylic acids is 1. The lowest BCUT2D eigenvalue weighted by atomic mass is 9.98. The van der Waals surface area contributed by atoms with Gasteiger partial charge in [-0.05, 0) is 54.3 Å². The molecule has 0 saturated heterocycles. The Hall–Kier alpha value is -4.12. The summed E-state index contributed by atoms with van der Waals surface area (Å²) < 4.78 is 5.40. The van der Waals surface area contributed by atoms with E-state index in [0.29, 0.717) is 12.1 Å². The zero-order valence-electron chi connectivity index (χ0n) is 18.9. The first-order valence-electron chi connectivity index (χ1n) is 10.8. The molecule has 0 aliphatic rings. The van der Waals surface area contributed by atoms with Crippen molar-refractivity contribution in [2.24, 2.45) is 0 Å². The van der Waals surface area contributed by atoms with Crippen LogP contribution in [-0.4, -0.2) is 23.2 Å². The average molecular weight is 439 g/mol. The molecule has 33 heavy (non-hydrogen) atoms. The van der Waals surface area contributed by atoms with Crippen LogP contribution in [0.25, 0.3) is 22.4 Å². The highest BCUT2D eigenvalue weighted by atomic mass is 16.5. The van der Waals surface area contributed by atoms with Crippen molar-refractivity contribution in [1.82, 2.24) is 4.98 Å². The van der Waals surface area contributed by atoms with Gasteiger partial charge in [0.15, 0.2) is 0 Å². The summed E-state index contributed by atoms with van der Waals surface area (Å²) in [6.07, 6.45) is 2.46. The van der Waals surface area contributed by atoms with Crippen LogP contribution in [0.3, 0.4) is 0 Å². The highest BCUT2D eigenvalue weighted by molar-refractivity contribution is 5.97. The molecule has 0 radical (unpaired) electrons. The van der Waals surface area contributed by atoms with E-state index in [2.05, 4.69) is 5.32 Å². The fourth-order valence-corrected chi connectivity index (χ4v) is 3.97. The SMILES string of the molecule is CCc1cc(C)cc(C(=O)O)c1Nc1cnc(-c2cccc(OC)c2)c(-c2ccccc2)c1. The summed E-state index contributed by atoms with van der Waals surface area (Å²) >= 11 is 0. The molecule has 4 aromatic rings. The quantitative estimate of drug-likeness (QED) is 0.334. The Kier molecular flexibility index (Phi) is 6.41. The summed E-state index contributed by atoms with van der Waals surface area (Å²) in [5.41, 5.74) is 7.17. The molecule has 2 N–H and O–H groups in total. The van der Waals surface area contributed by atoms with E-state index >= 15 is 0 Å². The van der Waals surface area contributed by atoms with Crippen molar-refractivity contribution in [3.8, 4) is 28.1 Å². The van der Waals surface area contributed by atoms with Crippen molar-refractivity contribution in [2.45, 2.75) is 20.3 Å². The molecule has 5 heteroatoms. The van der Waals surface area contributed by atoms with Gasteiger partial charge in [-0.25, -0.2) is 4.79 Å². The first-order chi connectivity index (χ1) is 16.0. The molecule has 5 nitrogen and oxygen atoms in total. The summed E-state index contributed by atoms with van der Waals surface area (Å²) in [6, 6.07) is 23.6. The summed E-state index contributed by atoms with van der Waals surface area (Å²) in [6.45, 7) is 3.93. The first kappa shape index (κ1) is 22.1. The predicted octanol–water partition coefficient (Wildman–Crippen LogP) is 6.74. The van der Waals surface area contributed by atoms with Crippen molar-refractivity contribution in [3.63, 3.8) is 0 Å². The summed E-state index contributed by atoms with van der Waals surface area (Å²) in [7, 11) is 1.64. The molecule has 0 atom stereocenters. The zero-order chi connectivity index (χ0) is 23.4. The number of nitrogens with zero attached hydrogens (tertiary/aromatic N) is 1. The molecular weight excluding hydrogens is 412 g/mol. The fraction of sp³-hybridized carbons (Fsp3) is 0.143. The molecule has 0 aliphatic heterocycles. The molecule has 1 aromatic heterocycles. The van der Waals surface area contributed by atoms with E-state index in [-0.39, 0.29) is 5.56 Å².